The lowest BCUT2D eigenvalue weighted by molar-refractivity contribution is 0.365. The molecule has 1 N–H and O–H groups in total. The largest absolute Gasteiger partial charge is 0.507 e. The molecule has 2 fully saturated rings. The van der Waals surface area contributed by atoms with Gasteiger partial charge in [0.2, 0.25) is 0 Å². The highest BCUT2D eigenvalue weighted by atomic mass is 32.2. The van der Waals surface area contributed by atoms with E-state index in [1.54, 1.807) is 6.07 Å². The Morgan fingerprint density at radius 1 is 1.19 bits per heavy atom. The average molecular weight is 234 g/mol. The SMILES string of the molecule is Oc1ccccc1SCC1CC2CCC1C2. The quantitative estimate of drug-likeness (QED) is 0.800. The summed E-state index contributed by atoms with van der Waals surface area (Å²) in [7, 11) is 0. The number of fused-ring (bicyclic) bond motifs is 2. The molecular formula is C14H18OS. The van der Waals surface area contributed by atoms with Crippen molar-refractivity contribution in [1.82, 2.24) is 0 Å². The first kappa shape index (κ1) is 10.5. The Morgan fingerprint density at radius 3 is 2.75 bits per heavy atom. The lowest BCUT2D eigenvalue weighted by Crippen LogP contribution is -2.12. The summed E-state index contributed by atoms with van der Waals surface area (Å²) in [5.74, 6) is 4.56. The summed E-state index contributed by atoms with van der Waals surface area (Å²) < 4.78 is 0. The van der Waals surface area contributed by atoms with Gasteiger partial charge in [-0.05, 0) is 49.1 Å². The molecule has 16 heavy (non-hydrogen) atoms. The van der Waals surface area contributed by atoms with Crippen molar-refractivity contribution >= 4 is 11.8 Å². The minimum Gasteiger partial charge on any atom is -0.507 e. The van der Waals surface area contributed by atoms with E-state index >= 15 is 0 Å². The first-order valence-electron chi connectivity index (χ1n) is 6.23. The minimum atomic E-state index is 0.440. The second-order valence-electron chi connectivity index (χ2n) is 5.21. The molecule has 3 atom stereocenters. The van der Waals surface area contributed by atoms with Crippen molar-refractivity contribution in [2.75, 3.05) is 5.75 Å². The Labute approximate surface area is 101 Å². The number of aromatic hydroxyl groups is 1. The molecule has 3 rings (SSSR count). The van der Waals surface area contributed by atoms with E-state index in [-0.39, 0.29) is 0 Å². The third kappa shape index (κ3) is 1.95. The molecule has 0 amide bonds. The number of rotatable bonds is 3. The maximum Gasteiger partial charge on any atom is 0.129 e. The molecule has 2 aliphatic carbocycles. The molecule has 0 spiro atoms. The van der Waals surface area contributed by atoms with E-state index < -0.39 is 0 Å². The third-order valence-corrected chi connectivity index (χ3v) is 5.45. The summed E-state index contributed by atoms with van der Waals surface area (Å²) in [5, 5.41) is 9.70. The number of thioether (sulfide) groups is 1. The second kappa shape index (κ2) is 4.33. The van der Waals surface area contributed by atoms with E-state index in [0.717, 1.165) is 22.6 Å². The van der Waals surface area contributed by atoms with Gasteiger partial charge in [0, 0.05) is 10.6 Å². The summed E-state index contributed by atoms with van der Waals surface area (Å²) >= 11 is 1.83. The van der Waals surface area contributed by atoms with Gasteiger partial charge in [0.25, 0.3) is 0 Å². The zero-order valence-electron chi connectivity index (χ0n) is 9.43. The van der Waals surface area contributed by atoms with E-state index in [2.05, 4.69) is 0 Å². The zero-order valence-corrected chi connectivity index (χ0v) is 10.2. The van der Waals surface area contributed by atoms with E-state index in [0.29, 0.717) is 5.75 Å². The van der Waals surface area contributed by atoms with Gasteiger partial charge in [-0.25, -0.2) is 0 Å². The van der Waals surface area contributed by atoms with Crippen molar-refractivity contribution in [2.45, 2.75) is 30.6 Å². The van der Waals surface area contributed by atoms with Gasteiger partial charge < -0.3 is 5.11 Å². The van der Waals surface area contributed by atoms with Crippen LogP contribution in [0.15, 0.2) is 29.2 Å². The Morgan fingerprint density at radius 2 is 2.06 bits per heavy atom. The van der Waals surface area contributed by atoms with Gasteiger partial charge in [-0.15, -0.1) is 11.8 Å². The predicted molar refractivity (Wildman–Crippen MR) is 67.8 cm³/mol. The van der Waals surface area contributed by atoms with Crippen LogP contribution >= 0.6 is 11.8 Å². The van der Waals surface area contributed by atoms with Gasteiger partial charge >= 0.3 is 0 Å². The number of phenolic OH excluding ortho intramolecular Hbond substituents is 1. The predicted octanol–water partition coefficient (Wildman–Crippen LogP) is 3.92. The fourth-order valence-corrected chi connectivity index (χ4v) is 4.55. The van der Waals surface area contributed by atoms with Gasteiger partial charge in [0.15, 0.2) is 0 Å². The van der Waals surface area contributed by atoms with Gasteiger partial charge in [-0.1, -0.05) is 18.6 Å². The molecule has 0 saturated heterocycles. The molecule has 2 saturated carbocycles. The lowest BCUT2D eigenvalue weighted by Gasteiger charge is -2.21. The van der Waals surface area contributed by atoms with Crippen LogP contribution in [-0.2, 0) is 0 Å². The fraction of sp³-hybridized carbons (Fsp3) is 0.571. The van der Waals surface area contributed by atoms with Gasteiger partial charge in [-0.3, -0.25) is 0 Å². The Kier molecular flexibility index (Phi) is 2.84. The topological polar surface area (TPSA) is 20.2 Å². The Bertz CT molecular complexity index is 377. The Balaban J connectivity index is 1.59. The van der Waals surface area contributed by atoms with Crippen LogP contribution in [-0.4, -0.2) is 10.9 Å². The van der Waals surface area contributed by atoms with Crippen molar-refractivity contribution in [3.8, 4) is 5.75 Å². The molecule has 1 aromatic carbocycles. The molecule has 0 aromatic heterocycles. The van der Waals surface area contributed by atoms with Gasteiger partial charge in [0.1, 0.15) is 5.75 Å². The molecule has 0 radical (unpaired) electrons. The molecule has 2 bridgehead atoms. The van der Waals surface area contributed by atoms with E-state index in [1.807, 2.05) is 30.0 Å². The zero-order chi connectivity index (χ0) is 11.0. The van der Waals surface area contributed by atoms with Crippen LogP contribution in [0.2, 0.25) is 0 Å². The number of hydrogen-bond donors (Lipinski definition) is 1. The first-order chi connectivity index (χ1) is 7.83. The molecule has 1 aromatic rings. The van der Waals surface area contributed by atoms with Crippen molar-refractivity contribution in [3.63, 3.8) is 0 Å². The molecule has 1 nitrogen and oxygen atoms in total. The number of para-hydroxylation sites is 1. The monoisotopic (exact) mass is 234 g/mol. The summed E-state index contributed by atoms with van der Waals surface area (Å²) in [4.78, 5) is 1.05. The van der Waals surface area contributed by atoms with Crippen LogP contribution in [0.4, 0.5) is 0 Å². The molecular weight excluding hydrogens is 216 g/mol. The first-order valence-corrected chi connectivity index (χ1v) is 7.22. The second-order valence-corrected chi connectivity index (χ2v) is 6.28. The van der Waals surface area contributed by atoms with Crippen LogP contribution < -0.4 is 0 Å². The van der Waals surface area contributed by atoms with Crippen LogP contribution in [0.25, 0.3) is 0 Å². The van der Waals surface area contributed by atoms with Crippen molar-refractivity contribution in [2.24, 2.45) is 17.8 Å². The van der Waals surface area contributed by atoms with E-state index in [1.165, 1.54) is 31.4 Å². The number of hydrogen-bond acceptors (Lipinski definition) is 2. The van der Waals surface area contributed by atoms with E-state index in [9.17, 15) is 5.11 Å². The molecule has 0 heterocycles. The highest BCUT2D eigenvalue weighted by molar-refractivity contribution is 7.99. The standard InChI is InChI=1S/C14H18OS/c15-13-3-1-2-4-14(13)16-9-12-8-10-5-6-11(12)7-10/h1-4,10-12,15H,5-9H2. The summed E-state index contributed by atoms with van der Waals surface area (Å²) in [6.45, 7) is 0. The third-order valence-electron chi connectivity index (χ3n) is 4.20. The summed E-state index contributed by atoms with van der Waals surface area (Å²) in [6, 6.07) is 7.69. The van der Waals surface area contributed by atoms with Crippen LogP contribution in [0.5, 0.6) is 5.75 Å². The van der Waals surface area contributed by atoms with Crippen molar-refractivity contribution < 1.29 is 5.11 Å². The highest BCUT2D eigenvalue weighted by Gasteiger charge is 2.39. The smallest absolute Gasteiger partial charge is 0.129 e. The van der Waals surface area contributed by atoms with Crippen LogP contribution in [0.3, 0.4) is 0 Å². The van der Waals surface area contributed by atoms with Crippen molar-refractivity contribution in [1.29, 1.82) is 0 Å². The lowest BCUT2D eigenvalue weighted by atomic mass is 9.90. The highest BCUT2D eigenvalue weighted by Crippen LogP contribution is 2.50. The van der Waals surface area contributed by atoms with Crippen LogP contribution in [0.1, 0.15) is 25.7 Å². The average Bonchev–Trinajstić information content (AvgIpc) is 2.90. The van der Waals surface area contributed by atoms with Crippen LogP contribution in [0, 0.1) is 17.8 Å². The summed E-state index contributed by atoms with van der Waals surface area (Å²) in [6.07, 6.45) is 5.84. The van der Waals surface area contributed by atoms with E-state index in [4.69, 9.17) is 0 Å². The Hall–Kier alpha value is -0.630. The maximum atomic E-state index is 9.70. The summed E-state index contributed by atoms with van der Waals surface area (Å²) in [5.41, 5.74) is 0. The number of phenols is 1. The molecule has 86 valence electrons. The molecule has 2 aliphatic rings. The molecule has 0 aliphatic heterocycles. The normalized spacial score (nSPS) is 32.1. The fourth-order valence-electron chi connectivity index (χ4n) is 3.36. The number of benzene rings is 1. The molecule has 2 heteroatoms. The van der Waals surface area contributed by atoms with Crippen molar-refractivity contribution in [3.05, 3.63) is 24.3 Å². The van der Waals surface area contributed by atoms with Gasteiger partial charge in [-0.2, -0.15) is 0 Å². The van der Waals surface area contributed by atoms with Gasteiger partial charge in [0.05, 0.1) is 0 Å². The minimum absolute atomic E-state index is 0.440. The molecule has 3 unspecified atom stereocenters. The maximum absolute atomic E-state index is 9.70.